The Bertz CT molecular complexity index is 472. The van der Waals surface area contributed by atoms with Crippen molar-refractivity contribution in [3.05, 3.63) is 28.2 Å². The molecule has 3 heteroatoms. The fourth-order valence-electron chi connectivity index (χ4n) is 3.30. The van der Waals surface area contributed by atoms with Gasteiger partial charge in [0.2, 0.25) is 0 Å². The molecule has 1 fully saturated rings. The lowest BCUT2D eigenvalue weighted by atomic mass is 9.85. The second-order valence-electron chi connectivity index (χ2n) is 7.02. The molecule has 0 amide bonds. The summed E-state index contributed by atoms with van der Waals surface area (Å²) in [6, 6.07) is 7.82. The molecule has 0 radical (unpaired) electrons. The molecule has 1 N–H and O–H groups in total. The molecular weight excluding hydrogens is 324 g/mol. The van der Waals surface area contributed by atoms with Crippen LogP contribution < -0.4 is 10.2 Å². The Morgan fingerprint density at radius 2 is 2.00 bits per heavy atom. The number of piperidine rings is 1. The Kier molecular flexibility index (Phi) is 5.73. The highest BCUT2D eigenvalue weighted by atomic mass is 79.9. The summed E-state index contributed by atoms with van der Waals surface area (Å²) in [6.07, 6.45) is 1.34. The van der Waals surface area contributed by atoms with Gasteiger partial charge >= 0.3 is 0 Å². The van der Waals surface area contributed by atoms with Gasteiger partial charge in [0.15, 0.2) is 0 Å². The van der Waals surface area contributed by atoms with Gasteiger partial charge in [-0.2, -0.15) is 0 Å². The van der Waals surface area contributed by atoms with E-state index in [1.54, 1.807) is 0 Å². The molecule has 21 heavy (non-hydrogen) atoms. The molecule has 3 atom stereocenters. The number of hydrogen-bond donors (Lipinski definition) is 1. The van der Waals surface area contributed by atoms with Crippen LogP contribution in [0.15, 0.2) is 22.7 Å². The van der Waals surface area contributed by atoms with E-state index in [-0.39, 0.29) is 0 Å². The monoisotopic (exact) mass is 352 g/mol. The molecule has 3 unspecified atom stereocenters. The maximum atomic E-state index is 3.65. The highest BCUT2D eigenvalue weighted by molar-refractivity contribution is 9.10. The number of benzene rings is 1. The van der Waals surface area contributed by atoms with Crippen LogP contribution in [0.3, 0.4) is 0 Å². The van der Waals surface area contributed by atoms with Crippen molar-refractivity contribution in [1.82, 2.24) is 5.32 Å². The number of hydrogen-bond acceptors (Lipinski definition) is 2. The first kappa shape index (κ1) is 16.8. The van der Waals surface area contributed by atoms with Crippen LogP contribution in [0.4, 0.5) is 5.69 Å². The van der Waals surface area contributed by atoms with Crippen molar-refractivity contribution < 1.29 is 0 Å². The summed E-state index contributed by atoms with van der Waals surface area (Å²) >= 11 is 3.65. The fourth-order valence-corrected chi connectivity index (χ4v) is 3.65. The zero-order valence-corrected chi connectivity index (χ0v) is 15.6. The molecule has 2 rings (SSSR count). The predicted octanol–water partition coefficient (Wildman–Crippen LogP) is 4.82. The standard InChI is InChI=1S/C18H29BrN2/c1-12(2)20-10-16-6-7-17(19)9-18(16)21-11-13(3)8-14(4)15(21)5/h6-7,9,12-15,20H,8,10-11H2,1-5H3. The van der Waals surface area contributed by atoms with Crippen LogP contribution in [-0.2, 0) is 6.54 Å². The average Bonchev–Trinajstić information content (AvgIpc) is 2.41. The first-order valence-corrected chi connectivity index (χ1v) is 8.96. The predicted molar refractivity (Wildman–Crippen MR) is 95.9 cm³/mol. The number of nitrogens with one attached hydrogen (secondary N) is 1. The van der Waals surface area contributed by atoms with Crippen molar-refractivity contribution in [2.75, 3.05) is 11.4 Å². The first-order chi connectivity index (χ1) is 9.88. The van der Waals surface area contributed by atoms with Crippen LogP contribution in [0.2, 0.25) is 0 Å². The van der Waals surface area contributed by atoms with E-state index < -0.39 is 0 Å². The van der Waals surface area contributed by atoms with E-state index in [0.29, 0.717) is 12.1 Å². The third-order valence-electron chi connectivity index (χ3n) is 4.66. The van der Waals surface area contributed by atoms with Crippen molar-refractivity contribution in [1.29, 1.82) is 0 Å². The fraction of sp³-hybridized carbons (Fsp3) is 0.667. The second-order valence-corrected chi connectivity index (χ2v) is 7.94. The van der Waals surface area contributed by atoms with Crippen molar-refractivity contribution in [2.45, 2.75) is 59.7 Å². The van der Waals surface area contributed by atoms with Crippen LogP contribution in [0.1, 0.15) is 46.6 Å². The minimum absolute atomic E-state index is 0.512. The zero-order valence-electron chi connectivity index (χ0n) is 14.0. The Morgan fingerprint density at radius 1 is 1.29 bits per heavy atom. The van der Waals surface area contributed by atoms with Gasteiger partial charge in [0.25, 0.3) is 0 Å². The van der Waals surface area contributed by atoms with Crippen LogP contribution >= 0.6 is 15.9 Å². The Hall–Kier alpha value is -0.540. The minimum Gasteiger partial charge on any atom is -0.368 e. The Morgan fingerprint density at radius 3 is 2.67 bits per heavy atom. The molecule has 0 spiro atoms. The van der Waals surface area contributed by atoms with Crippen molar-refractivity contribution in [3.63, 3.8) is 0 Å². The summed E-state index contributed by atoms with van der Waals surface area (Å²) in [6.45, 7) is 13.6. The maximum Gasteiger partial charge on any atom is 0.0425 e. The van der Waals surface area contributed by atoms with E-state index in [4.69, 9.17) is 0 Å². The third kappa shape index (κ3) is 4.23. The molecule has 0 bridgehead atoms. The van der Waals surface area contributed by atoms with Crippen molar-refractivity contribution >= 4 is 21.6 Å². The quantitative estimate of drug-likeness (QED) is 0.835. The Balaban J connectivity index is 2.29. The second kappa shape index (κ2) is 7.15. The van der Waals surface area contributed by atoms with E-state index in [1.165, 1.54) is 22.1 Å². The molecule has 2 nitrogen and oxygen atoms in total. The average molecular weight is 353 g/mol. The van der Waals surface area contributed by atoms with Gasteiger partial charge in [-0.15, -0.1) is 0 Å². The van der Waals surface area contributed by atoms with Gasteiger partial charge in [0.05, 0.1) is 0 Å². The van der Waals surface area contributed by atoms with Crippen LogP contribution in [0.25, 0.3) is 0 Å². The van der Waals surface area contributed by atoms with Crippen LogP contribution in [0.5, 0.6) is 0 Å². The SMILES string of the molecule is CC1CC(C)C(C)N(c2cc(Br)ccc2CNC(C)C)C1. The molecule has 0 aliphatic carbocycles. The van der Waals surface area contributed by atoms with Gasteiger partial charge in [0, 0.05) is 35.3 Å². The lowest BCUT2D eigenvalue weighted by molar-refractivity contribution is 0.296. The first-order valence-electron chi connectivity index (χ1n) is 8.17. The molecule has 0 saturated carbocycles. The molecular formula is C18H29BrN2. The topological polar surface area (TPSA) is 15.3 Å². The zero-order chi connectivity index (χ0) is 15.6. The van der Waals surface area contributed by atoms with Crippen molar-refractivity contribution in [2.24, 2.45) is 11.8 Å². The molecule has 1 aliphatic rings. The molecule has 1 heterocycles. The van der Waals surface area contributed by atoms with Crippen LogP contribution in [-0.4, -0.2) is 18.6 Å². The van der Waals surface area contributed by atoms with E-state index in [9.17, 15) is 0 Å². The molecule has 1 aromatic rings. The lowest BCUT2D eigenvalue weighted by Gasteiger charge is -2.43. The Labute approximate surface area is 138 Å². The highest BCUT2D eigenvalue weighted by Crippen LogP contribution is 2.34. The lowest BCUT2D eigenvalue weighted by Crippen LogP contribution is -2.46. The number of halogens is 1. The van der Waals surface area contributed by atoms with E-state index >= 15 is 0 Å². The summed E-state index contributed by atoms with van der Waals surface area (Å²) in [7, 11) is 0. The van der Waals surface area contributed by atoms with Gasteiger partial charge < -0.3 is 10.2 Å². The number of anilines is 1. The molecule has 1 aromatic carbocycles. The highest BCUT2D eigenvalue weighted by Gasteiger charge is 2.30. The van der Waals surface area contributed by atoms with E-state index in [2.05, 4.69) is 79.0 Å². The summed E-state index contributed by atoms with van der Waals surface area (Å²) < 4.78 is 1.17. The summed E-state index contributed by atoms with van der Waals surface area (Å²) in [4.78, 5) is 2.61. The van der Waals surface area contributed by atoms with Gasteiger partial charge in [-0.05, 0) is 42.9 Å². The molecule has 1 saturated heterocycles. The van der Waals surface area contributed by atoms with Gasteiger partial charge in [0.1, 0.15) is 0 Å². The largest absolute Gasteiger partial charge is 0.368 e. The minimum atomic E-state index is 0.512. The number of rotatable bonds is 4. The summed E-state index contributed by atoms with van der Waals surface area (Å²) in [5, 5.41) is 3.56. The smallest absolute Gasteiger partial charge is 0.0425 e. The third-order valence-corrected chi connectivity index (χ3v) is 5.15. The van der Waals surface area contributed by atoms with E-state index in [1.807, 2.05) is 0 Å². The normalized spacial score (nSPS) is 26.4. The van der Waals surface area contributed by atoms with E-state index in [0.717, 1.165) is 24.9 Å². The molecule has 0 aromatic heterocycles. The van der Waals surface area contributed by atoms with Crippen LogP contribution in [0, 0.1) is 11.8 Å². The van der Waals surface area contributed by atoms with Crippen molar-refractivity contribution in [3.8, 4) is 0 Å². The van der Waals surface area contributed by atoms with Gasteiger partial charge in [-0.1, -0.05) is 49.7 Å². The molecule has 1 aliphatic heterocycles. The number of nitrogens with zero attached hydrogens (tertiary/aromatic N) is 1. The summed E-state index contributed by atoms with van der Waals surface area (Å²) in [5.74, 6) is 1.51. The molecule has 118 valence electrons. The van der Waals surface area contributed by atoms with Gasteiger partial charge in [-0.25, -0.2) is 0 Å². The summed E-state index contributed by atoms with van der Waals surface area (Å²) in [5.41, 5.74) is 2.79. The van der Waals surface area contributed by atoms with Gasteiger partial charge in [-0.3, -0.25) is 0 Å². The maximum absolute atomic E-state index is 3.65.